The molecule has 7 aromatic carbocycles. The third-order valence-electron chi connectivity index (χ3n) is 10.6. The van der Waals surface area contributed by atoms with Gasteiger partial charge in [0.2, 0.25) is 5.95 Å². The third-order valence-corrected chi connectivity index (χ3v) is 11.8. The summed E-state index contributed by atoms with van der Waals surface area (Å²) in [4.78, 5) is 10.6. The van der Waals surface area contributed by atoms with Gasteiger partial charge in [-0.25, -0.2) is 9.97 Å². The van der Waals surface area contributed by atoms with E-state index < -0.39 is 0 Å². The van der Waals surface area contributed by atoms with Crippen LogP contribution < -0.4 is 0 Å². The molecule has 3 aromatic heterocycles. The molecular weight excluding hydrogens is 651 g/mol. The first-order valence-corrected chi connectivity index (χ1v) is 18.7. The number of rotatable bonds is 4. The molecule has 4 heteroatoms. The van der Waals surface area contributed by atoms with Crippen LogP contribution in [0, 0.1) is 0 Å². The van der Waals surface area contributed by atoms with Gasteiger partial charge >= 0.3 is 0 Å². The van der Waals surface area contributed by atoms with E-state index in [0.717, 1.165) is 46.0 Å². The number of hydrogen-bond donors (Lipinski definition) is 0. The van der Waals surface area contributed by atoms with Crippen LogP contribution in [-0.4, -0.2) is 14.5 Å². The zero-order valence-electron chi connectivity index (χ0n) is 28.3. The summed E-state index contributed by atoms with van der Waals surface area (Å²) < 4.78 is 4.90. The summed E-state index contributed by atoms with van der Waals surface area (Å²) in [6.45, 7) is 0. The maximum atomic E-state index is 5.36. The molecule has 0 amide bonds. The van der Waals surface area contributed by atoms with E-state index >= 15 is 0 Å². The molecule has 10 aromatic rings. The number of fused-ring (bicyclic) bond motifs is 9. The van der Waals surface area contributed by atoms with Gasteiger partial charge < -0.3 is 0 Å². The molecule has 0 radical (unpaired) electrons. The van der Waals surface area contributed by atoms with Crippen molar-refractivity contribution < 1.29 is 0 Å². The minimum absolute atomic E-state index is 0.675. The highest BCUT2D eigenvalue weighted by Gasteiger charge is 2.19. The maximum absolute atomic E-state index is 5.36. The Morgan fingerprint density at radius 1 is 0.500 bits per heavy atom. The monoisotopic (exact) mass is 681 g/mol. The predicted molar refractivity (Wildman–Crippen MR) is 221 cm³/mol. The fourth-order valence-corrected chi connectivity index (χ4v) is 9.22. The molecule has 0 aliphatic heterocycles. The van der Waals surface area contributed by atoms with Gasteiger partial charge in [0.05, 0.1) is 22.2 Å². The number of aromatic nitrogens is 3. The Morgan fingerprint density at radius 2 is 1.23 bits per heavy atom. The van der Waals surface area contributed by atoms with Gasteiger partial charge in [0, 0.05) is 41.9 Å². The van der Waals surface area contributed by atoms with Crippen LogP contribution in [0.2, 0.25) is 0 Å². The lowest BCUT2D eigenvalue weighted by molar-refractivity contribution is 1.01. The van der Waals surface area contributed by atoms with Gasteiger partial charge in [0.25, 0.3) is 0 Å². The standard InChI is InChI=1S/C48H31N3S/c1-2-10-30(11-3-1)31-18-20-32(21-19-31)47-38-13-4-7-15-41(38)49-48(50-47)51-42-16-8-5-14-39(42)46-36-25-22-33(28-35(36)23-26-43(46)51)34-24-27-45-40(29-34)37-12-6-9-17-44(37)52-45/h2,4-29H,1,3H2. The van der Waals surface area contributed by atoms with Crippen molar-refractivity contribution in [2.24, 2.45) is 0 Å². The Balaban J connectivity index is 1.08. The molecule has 0 N–H and O–H groups in total. The largest absolute Gasteiger partial charge is 0.278 e. The van der Waals surface area contributed by atoms with Gasteiger partial charge in [-0.15, -0.1) is 11.3 Å². The van der Waals surface area contributed by atoms with Crippen LogP contribution in [0.25, 0.3) is 97.6 Å². The van der Waals surface area contributed by atoms with Gasteiger partial charge in [-0.05, 0) is 88.3 Å². The number of allylic oxidation sites excluding steroid dienone is 4. The predicted octanol–water partition coefficient (Wildman–Crippen LogP) is 13.3. The molecule has 52 heavy (non-hydrogen) atoms. The highest BCUT2D eigenvalue weighted by molar-refractivity contribution is 7.25. The Bertz CT molecular complexity index is 3120. The second-order valence-corrected chi connectivity index (χ2v) is 14.7. The molecule has 0 saturated carbocycles. The van der Waals surface area contributed by atoms with Crippen molar-refractivity contribution >= 4 is 80.6 Å². The third kappa shape index (κ3) is 4.58. The van der Waals surface area contributed by atoms with E-state index in [1.165, 1.54) is 64.0 Å². The SMILES string of the molecule is C1=CC(c2ccc(-c3nc(-n4c5ccccc5c5c6ccc(-c7ccc8sc9ccccc9c8c7)cc6ccc54)nc4ccccc34)cc2)=CCC1. The fourth-order valence-electron chi connectivity index (χ4n) is 8.13. The molecule has 1 aliphatic carbocycles. The smallest absolute Gasteiger partial charge is 0.235 e. The first-order chi connectivity index (χ1) is 25.8. The molecule has 3 heterocycles. The van der Waals surface area contributed by atoms with Crippen molar-refractivity contribution in [1.29, 1.82) is 0 Å². The summed E-state index contributed by atoms with van der Waals surface area (Å²) in [5.74, 6) is 0.675. The number of para-hydroxylation sites is 2. The molecule has 11 rings (SSSR count). The van der Waals surface area contributed by atoms with Gasteiger partial charge in [-0.1, -0.05) is 121 Å². The van der Waals surface area contributed by atoms with Crippen LogP contribution in [0.4, 0.5) is 0 Å². The zero-order chi connectivity index (χ0) is 34.2. The van der Waals surface area contributed by atoms with Crippen molar-refractivity contribution in [3.8, 4) is 28.3 Å². The lowest BCUT2D eigenvalue weighted by Crippen LogP contribution is -2.03. The van der Waals surface area contributed by atoms with Crippen molar-refractivity contribution in [1.82, 2.24) is 14.5 Å². The van der Waals surface area contributed by atoms with Gasteiger partial charge in [-0.2, -0.15) is 0 Å². The molecular formula is C48H31N3S. The summed E-state index contributed by atoms with van der Waals surface area (Å²) in [5.41, 5.74) is 10.1. The zero-order valence-corrected chi connectivity index (χ0v) is 29.1. The van der Waals surface area contributed by atoms with Crippen LogP contribution in [0.15, 0.2) is 164 Å². The molecule has 0 bridgehead atoms. The average Bonchev–Trinajstić information content (AvgIpc) is 3.76. The highest BCUT2D eigenvalue weighted by Crippen LogP contribution is 2.40. The van der Waals surface area contributed by atoms with E-state index in [2.05, 4.69) is 168 Å². The minimum atomic E-state index is 0.675. The van der Waals surface area contributed by atoms with E-state index in [-0.39, 0.29) is 0 Å². The van der Waals surface area contributed by atoms with E-state index in [1.807, 2.05) is 11.3 Å². The van der Waals surface area contributed by atoms with Crippen molar-refractivity contribution in [2.75, 3.05) is 0 Å². The lowest BCUT2D eigenvalue weighted by Gasteiger charge is -2.13. The normalized spacial score (nSPS) is 13.3. The van der Waals surface area contributed by atoms with Crippen LogP contribution >= 0.6 is 11.3 Å². The van der Waals surface area contributed by atoms with Crippen molar-refractivity contribution in [3.63, 3.8) is 0 Å². The molecule has 3 nitrogen and oxygen atoms in total. The van der Waals surface area contributed by atoms with E-state index in [4.69, 9.17) is 9.97 Å². The number of hydrogen-bond acceptors (Lipinski definition) is 3. The highest BCUT2D eigenvalue weighted by atomic mass is 32.1. The Labute approximate surface area is 304 Å². The quantitative estimate of drug-likeness (QED) is 0.185. The molecule has 0 fully saturated rings. The van der Waals surface area contributed by atoms with Crippen LogP contribution in [0.3, 0.4) is 0 Å². The molecule has 0 atom stereocenters. The van der Waals surface area contributed by atoms with Crippen LogP contribution in [0.5, 0.6) is 0 Å². The molecule has 0 spiro atoms. The van der Waals surface area contributed by atoms with Crippen LogP contribution in [-0.2, 0) is 0 Å². The summed E-state index contributed by atoms with van der Waals surface area (Å²) in [6, 6.07) is 52.8. The average molecular weight is 682 g/mol. The van der Waals surface area contributed by atoms with Crippen LogP contribution in [0.1, 0.15) is 18.4 Å². The topological polar surface area (TPSA) is 30.7 Å². The number of nitrogens with zero attached hydrogens (tertiary/aromatic N) is 3. The lowest BCUT2D eigenvalue weighted by atomic mass is 9.97. The molecule has 244 valence electrons. The summed E-state index contributed by atoms with van der Waals surface area (Å²) in [7, 11) is 0. The van der Waals surface area contributed by atoms with Crippen molar-refractivity contribution in [2.45, 2.75) is 12.8 Å². The van der Waals surface area contributed by atoms with Gasteiger partial charge in [0.15, 0.2) is 0 Å². The summed E-state index contributed by atoms with van der Waals surface area (Å²) in [6.07, 6.45) is 9.02. The molecule has 0 saturated heterocycles. The van der Waals surface area contributed by atoms with E-state index in [9.17, 15) is 0 Å². The summed E-state index contributed by atoms with van der Waals surface area (Å²) >= 11 is 1.86. The van der Waals surface area contributed by atoms with Gasteiger partial charge in [-0.3, -0.25) is 4.57 Å². The first-order valence-electron chi connectivity index (χ1n) is 17.9. The number of thiophene rings is 1. The Hall–Kier alpha value is -6.36. The number of benzene rings is 7. The van der Waals surface area contributed by atoms with Crippen molar-refractivity contribution in [3.05, 3.63) is 169 Å². The fraction of sp³-hybridized carbons (Fsp3) is 0.0417. The second kappa shape index (κ2) is 11.6. The Morgan fingerprint density at radius 3 is 2.12 bits per heavy atom. The maximum Gasteiger partial charge on any atom is 0.235 e. The second-order valence-electron chi connectivity index (χ2n) is 13.7. The summed E-state index contributed by atoms with van der Waals surface area (Å²) in [5, 5.41) is 8.54. The molecule has 1 aliphatic rings. The Kier molecular flexibility index (Phi) is 6.55. The van der Waals surface area contributed by atoms with E-state index in [1.54, 1.807) is 0 Å². The molecule has 0 unspecified atom stereocenters. The first kappa shape index (κ1) is 29.4. The minimum Gasteiger partial charge on any atom is -0.278 e. The van der Waals surface area contributed by atoms with Gasteiger partial charge in [0.1, 0.15) is 0 Å². The van der Waals surface area contributed by atoms with E-state index in [0.29, 0.717) is 5.95 Å².